The molecule has 2 rings (SSSR count). The SMILES string of the molecule is O=C(NCCCn1ccnc1)c1cc(Br)ccc1Cl. The molecule has 0 spiro atoms. The summed E-state index contributed by atoms with van der Waals surface area (Å²) in [5, 5.41) is 3.31. The average Bonchev–Trinajstić information content (AvgIpc) is 2.90. The van der Waals surface area contributed by atoms with Crippen LogP contribution in [-0.4, -0.2) is 22.0 Å². The summed E-state index contributed by atoms with van der Waals surface area (Å²) in [7, 11) is 0. The van der Waals surface area contributed by atoms with Gasteiger partial charge in [0.1, 0.15) is 0 Å². The number of imidazole rings is 1. The van der Waals surface area contributed by atoms with Crippen LogP contribution in [-0.2, 0) is 6.54 Å². The van der Waals surface area contributed by atoms with Gasteiger partial charge in [0.2, 0.25) is 0 Å². The highest BCUT2D eigenvalue weighted by Crippen LogP contribution is 2.20. The van der Waals surface area contributed by atoms with E-state index in [1.807, 2.05) is 10.8 Å². The molecule has 0 bridgehead atoms. The maximum atomic E-state index is 11.9. The van der Waals surface area contributed by atoms with Gasteiger partial charge in [0, 0.05) is 30.0 Å². The first-order chi connectivity index (χ1) is 9.16. The van der Waals surface area contributed by atoms with Crippen molar-refractivity contribution in [1.29, 1.82) is 0 Å². The Labute approximate surface area is 124 Å². The van der Waals surface area contributed by atoms with E-state index in [0.29, 0.717) is 17.1 Å². The lowest BCUT2D eigenvalue weighted by atomic mass is 10.2. The van der Waals surface area contributed by atoms with Crippen LogP contribution in [0.25, 0.3) is 0 Å². The monoisotopic (exact) mass is 341 g/mol. The van der Waals surface area contributed by atoms with Crippen molar-refractivity contribution in [1.82, 2.24) is 14.9 Å². The van der Waals surface area contributed by atoms with Crippen LogP contribution in [0.4, 0.5) is 0 Å². The Hall–Kier alpha value is -1.33. The standard InChI is InChI=1S/C13H13BrClN3O/c14-10-2-3-12(15)11(8-10)13(19)17-4-1-6-18-7-5-16-9-18/h2-3,5,7-9H,1,4,6H2,(H,17,19). The topological polar surface area (TPSA) is 46.9 Å². The van der Waals surface area contributed by atoms with E-state index in [0.717, 1.165) is 17.4 Å². The number of amides is 1. The van der Waals surface area contributed by atoms with Crippen LogP contribution in [0.3, 0.4) is 0 Å². The van der Waals surface area contributed by atoms with Gasteiger partial charge < -0.3 is 9.88 Å². The van der Waals surface area contributed by atoms with Gasteiger partial charge in [-0.15, -0.1) is 0 Å². The van der Waals surface area contributed by atoms with E-state index in [9.17, 15) is 4.79 Å². The van der Waals surface area contributed by atoms with Crippen molar-refractivity contribution in [3.05, 3.63) is 52.0 Å². The van der Waals surface area contributed by atoms with Crippen molar-refractivity contribution in [3.8, 4) is 0 Å². The van der Waals surface area contributed by atoms with Crippen molar-refractivity contribution in [2.45, 2.75) is 13.0 Å². The molecular weight excluding hydrogens is 330 g/mol. The molecule has 4 nitrogen and oxygen atoms in total. The second kappa shape index (κ2) is 6.73. The molecule has 1 amide bonds. The molecular formula is C13H13BrClN3O. The van der Waals surface area contributed by atoms with Crippen molar-refractivity contribution in [2.24, 2.45) is 0 Å². The maximum absolute atomic E-state index is 11.9. The van der Waals surface area contributed by atoms with Gasteiger partial charge in [-0.1, -0.05) is 27.5 Å². The summed E-state index contributed by atoms with van der Waals surface area (Å²) >= 11 is 9.31. The van der Waals surface area contributed by atoms with Gasteiger partial charge >= 0.3 is 0 Å². The lowest BCUT2D eigenvalue weighted by Crippen LogP contribution is -2.25. The fraction of sp³-hybridized carbons (Fsp3) is 0.231. The van der Waals surface area contributed by atoms with Crippen LogP contribution in [0.15, 0.2) is 41.4 Å². The average molecular weight is 343 g/mol. The minimum atomic E-state index is -0.156. The van der Waals surface area contributed by atoms with E-state index in [4.69, 9.17) is 11.6 Å². The number of halogens is 2. The van der Waals surface area contributed by atoms with Crippen molar-refractivity contribution in [3.63, 3.8) is 0 Å². The normalized spacial score (nSPS) is 10.4. The van der Waals surface area contributed by atoms with E-state index in [-0.39, 0.29) is 5.91 Å². The Kier molecular flexibility index (Phi) is 4.99. The lowest BCUT2D eigenvalue weighted by Gasteiger charge is -2.07. The first-order valence-electron chi connectivity index (χ1n) is 5.86. The zero-order chi connectivity index (χ0) is 13.7. The number of aryl methyl sites for hydroxylation is 1. The van der Waals surface area contributed by atoms with Gasteiger partial charge in [-0.05, 0) is 24.6 Å². The molecule has 0 aliphatic carbocycles. The van der Waals surface area contributed by atoms with E-state index < -0.39 is 0 Å². The Bertz CT molecular complexity index is 557. The summed E-state index contributed by atoms with van der Waals surface area (Å²) in [5.41, 5.74) is 0.485. The highest BCUT2D eigenvalue weighted by atomic mass is 79.9. The molecule has 1 aromatic heterocycles. The largest absolute Gasteiger partial charge is 0.352 e. The summed E-state index contributed by atoms with van der Waals surface area (Å²) in [6.45, 7) is 1.42. The molecule has 0 aliphatic heterocycles. The third-order valence-electron chi connectivity index (χ3n) is 2.61. The second-order valence-electron chi connectivity index (χ2n) is 4.03. The van der Waals surface area contributed by atoms with Crippen molar-refractivity contribution in [2.75, 3.05) is 6.54 Å². The number of nitrogens with zero attached hydrogens (tertiary/aromatic N) is 2. The van der Waals surface area contributed by atoms with Crippen LogP contribution in [0.5, 0.6) is 0 Å². The number of benzene rings is 1. The Morgan fingerprint density at radius 3 is 3.05 bits per heavy atom. The molecule has 0 aliphatic rings. The first-order valence-corrected chi connectivity index (χ1v) is 7.03. The predicted octanol–water partition coefficient (Wildman–Crippen LogP) is 3.12. The molecule has 0 unspecified atom stereocenters. The third-order valence-corrected chi connectivity index (χ3v) is 3.43. The quantitative estimate of drug-likeness (QED) is 0.849. The molecule has 0 saturated carbocycles. The van der Waals surface area contributed by atoms with Gasteiger partial charge in [0.05, 0.1) is 16.9 Å². The number of hydrogen-bond acceptors (Lipinski definition) is 2. The Balaban J connectivity index is 1.82. The van der Waals surface area contributed by atoms with Crippen molar-refractivity contribution >= 4 is 33.4 Å². The van der Waals surface area contributed by atoms with E-state index in [1.54, 1.807) is 30.7 Å². The highest BCUT2D eigenvalue weighted by molar-refractivity contribution is 9.10. The van der Waals surface area contributed by atoms with Crippen molar-refractivity contribution < 1.29 is 4.79 Å². The fourth-order valence-corrected chi connectivity index (χ4v) is 2.21. The molecule has 0 saturated heterocycles. The molecule has 19 heavy (non-hydrogen) atoms. The van der Waals surface area contributed by atoms with Crippen LogP contribution in [0, 0.1) is 0 Å². The number of carbonyl (C=O) groups is 1. The molecule has 6 heteroatoms. The summed E-state index contributed by atoms with van der Waals surface area (Å²) < 4.78 is 2.80. The van der Waals surface area contributed by atoms with Gasteiger partial charge in [0.15, 0.2) is 0 Å². The minimum Gasteiger partial charge on any atom is -0.352 e. The molecule has 100 valence electrons. The molecule has 0 atom stereocenters. The van der Waals surface area contributed by atoms with Crippen LogP contribution < -0.4 is 5.32 Å². The predicted molar refractivity (Wildman–Crippen MR) is 78.3 cm³/mol. The van der Waals surface area contributed by atoms with E-state index in [1.165, 1.54) is 0 Å². The van der Waals surface area contributed by atoms with Gasteiger partial charge in [0.25, 0.3) is 5.91 Å². The second-order valence-corrected chi connectivity index (χ2v) is 5.36. The van der Waals surface area contributed by atoms with E-state index in [2.05, 4.69) is 26.2 Å². The first kappa shape index (κ1) is 14.1. The number of aromatic nitrogens is 2. The zero-order valence-corrected chi connectivity index (χ0v) is 12.5. The van der Waals surface area contributed by atoms with Crippen LogP contribution in [0.1, 0.15) is 16.8 Å². The summed E-state index contributed by atoms with van der Waals surface area (Å²) in [5.74, 6) is -0.156. The van der Waals surface area contributed by atoms with Crippen LogP contribution in [0.2, 0.25) is 5.02 Å². The molecule has 1 N–H and O–H groups in total. The van der Waals surface area contributed by atoms with Crippen LogP contribution >= 0.6 is 27.5 Å². The maximum Gasteiger partial charge on any atom is 0.252 e. The zero-order valence-electron chi connectivity index (χ0n) is 10.1. The number of nitrogens with one attached hydrogen (secondary N) is 1. The molecule has 2 aromatic rings. The fourth-order valence-electron chi connectivity index (χ4n) is 1.65. The number of carbonyl (C=O) groups excluding carboxylic acids is 1. The number of rotatable bonds is 5. The third kappa shape index (κ3) is 4.08. The summed E-state index contributed by atoms with van der Waals surface area (Å²) in [4.78, 5) is 15.9. The Morgan fingerprint density at radius 1 is 1.47 bits per heavy atom. The summed E-state index contributed by atoms with van der Waals surface area (Å²) in [6, 6.07) is 5.22. The summed E-state index contributed by atoms with van der Waals surface area (Å²) in [6.07, 6.45) is 6.23. The van der Waals surface area contributed by atoms with Gasteiger partial charge in [-0.2, -0.15) is 0 Å². The highest BCUT2D eigenvalue weighted by Gasteiger charge is 2.09. The van der Waals surface area contributed by atoms with E-state index >= 15 is 0 Å². The molecule has 0 radical (unpaired) electrons. The molecule has 1 aromatic carbocycles. The smallest absolute Gasteiger partial charge is 0.252 e. The minimum absolute atomic E-state index is 0.156. The van der Waals surface area contributed by atoms with Gasteiger partial charge in [-0.25, -0.2) is 4.98 Å². The lowest BCUT2D eigenvalue weighted by molar-refractivity contribution is 0.0953. The number of hydrogen-bond donors (Lipinski definition) is 1. The molecule has 0 fully saturated rings. The molecule has 1 heterocycles. The van der Waals surface area contributed by atoms with Gasteiger partial charge in [-0.3, -0.25) is 4.79 Å². The Morgan fingerprint density at radius 2 is 2.32 bits per heavy atom.